The first-order chi connectivity index (χ1) is 11.0. The van der Waals surface area contributed by atoms with E-state index in [-0.39, 0.29) is 11.9 Å². The number of carbonyl (C=O) groups excluding carboxylic acids is 1. The van der Waals surface area contributed by atoms with Gasteiger partial charge in [0.2, 0.25) is 0 Å². The van der Waals surface area contributed by atoms with Crippen molar-refractivity contribution in [3.8, 4) is 5.75 Å². The molecule has 0 aliphatic heterocycles. The van der Waals surface area contributed by atoms with Crippen molar-refractivity contribution >= 4 is 21.8 Å². The summed E-state index contributed by atoms with van der Waals surface area (Å²) >= 11 is 3.37. The average molecular weight is 377 g/mol. The lowest BCUT2D eigenvalue weighted by molar-refractivity contribution is 0.0942. The maximum atomic E-state index is 12.3. The van der Waals surface area contributed by atoms with Crippen molar-refractivity contribution in [2.75, 3.05) is 27.7 Å². The largest absolute Gasteiger partial charge is 0.497 e. The molecular formula is C18H21BrN2O2. The van der Waals surface area contributed by atoms with Crippen LogP contribution in [-0.2, 0) is 0 Å². The number of nitrogens with one attached hydrogen (secondary N) is 1. The van der Waals surface area contributed by atoms with Crippen LogP contribution in [0.3, 0.4) is 0 Å². The highest BCUT2D eigenvalue weighted by molar-refractivity contribution is 9.10. The molecule has 0 aliphatic rings. The molecule has 0 saturated heterocycles. The van der Waals surface area contributed by atoms with Gasteiger partial charge in [0.1, 0.15) is 5.75 Å². The molecule has 0 heterocycles. The van der Waals surface area contributed by atoms with Gasteiger partial charge in [0.25, 0.3) is 5.91 Å². The fourth-order valence-corrected chi connectivity index (χ4v) is 2.60. The molecule has 0 fully saturated rings. The molecule has 2 aromatic rings. The van der Waals surface area contributed by atoms with Crippen LogP contribution < -0.4 is 10.1 Å². The standard InChI is InChI=1S/C18H21BrN2O2/c1-21(2)17(14-5-4-6-16(11-14)23-3)12-20-18(22)13-7-9-15(19)10-8-13/h4-11,17H,12H2,1-3H3,(H,20,22)/t17-/m1/s1. The summed E-state index contributed by atoms with van der Waals surface area (Å²) in [5.74, 6) is 0.737. The topological polar surface area (TPSA) is 41.6 Å². The van der Waals surface area contributed by atoms with Gasteiger partial charge in [-0.1, -0.05) is 28.1 Å². The first-order valence-electron chi connectivity index (χ1n) is 7.35. The second kappa shape index (κ2) is 8.13. The third-order valence-corrected chi connectivity index (χ3v) is 4.19. The number of amides is 1. The van der Waals surface area contributed by atoms with Gasteiger partial charge < -0.3 is 15.0 Å². The molecule has 2 rings (SSSR count). The van der Waals surface area contributed by atoms with E-state index in [4.69, 9.17) is 4.74 Å². The van der Waals surface area contributed by atoms with Gasteiger partial charge in [0.05, 0.1) is 13.2 Å². The van der Waals surface area contributed by atoms with Crippen LogP contribution in [0.25, 0.3) is 0 Å². The molecule has 5 heteroatoms. The molecule has 0 unspecified atom stereocenters. The number of rotatable bonds is 6. The number of hydrogen-bond donors (Lipinski definition) is 1. The molecule has 1 N–H and O–H groups in total. The first kappa shape index (κ1) is 17.5. The van der Waals surface area contributed by atoms with E-state index in [9.17, 15) is 4.79 Å². The quantitative estimate of drug-likeness (QED) is 0.838. The Labute approximate surface area is 145 Å². The molecule has 0 bridgehead atoms. The van der Waals surface area contributed by atoms with Crippen LogP contribution in [0.5, 0.6) is 5.75 Å². The van der Waals surface area contributed by atoms with E-state index in [1.807, 2.05) is 50.5 Å². The fraction of sp³-hybridized carbons (Fsp3) is 0.278. The van der Waals surface area contributed by atoms with E-state index in [2.05, 4.69) is 26.1 Å². The maximum Gasteiger partial charge on any atom is 0.251 e. The van der Waals surface area contributed by atoms with Gasteiger partial charge in [-0.15, -0.1) is 0 Å². The Balaban J connectivity index is 2.07. The minimum absolute atomic E-state index is 0.0736. The van der Waals surface area contributed by atoms with E-state index in [1.165, 1.54) is 0 Å². The Bertz CT molecular complexity index is 656. The maximum absolute atomic E-state index is 12.3. The molecule has 4 nitrogen and oxygen atoms in total. The van der Waals surface area contributed by atoms with Crippen molar-refractivity contribution in [2.24, 2.45) is 0 Å². The molecule has 23 heavy (non-hydrogen) atoms. The second-order valence-corrected chi connectivity index (χ2v) is 6.39. The van der Waals surface area contributed by atoms with E-state index in [0.717, 1.165) is 15.8 Å². The third-order valence-electron chi connectivity index (χ3n) is 3.66. The highest BCUT2D eigenvalue weighted by atomic mass is 79.9. The zero-order valence-electron chi connectivity index (χ0n) is 13.5. The third kappa shape index (κ3) is 4.81. The highest BCUT2D eigenvalue weighted by Gasteiger charge is 2.16. The van der Waals surface area contributed by atoms with Crippen molar-refractivity contribution < 1.29 is 9.53 Å². The lowest BCUT2D eigenvalue weighted by Crippen LogP contribution is -2.34. The summed E-state index contributed by atoms with van der Waals surface area (Å²) < 4.78 is 6.24. The van der Waals surface area contributed by atoms with E-state index in [1.54, 1.807) is 19.2 Å². The summed E-state index contributed by atoms with van der Waals surface area (Å²) in [6.45, 7) is 0.523. The Morgan fingerprint density at radius 3 is 2.52 bits per heavy atom. The Morgan fingerprint density at radius 2 is 1.91 bits per heavy atom. The Kier molecular flexibility index (Phi) is 6.19. The van der Waals surface area contributed by atoms with Gasteiger partial charge in [-0.2, -0.15) is 0 Å². The zero-order valence-corrected chi connectivity index (χ0v) is 15.1. The number of carbonyl (C=O) groups is 1. The lowest BCUT2D eigenvalue weighted by Gasteiger charge is -2.25. The summed E-state index contributed by atoms with van der Waals surface area (Å²) in [6.07, 6.45) is 0. The van der Waals surface area contributed by atoms with Crippen molar-refractivity contribution in [1.29, 1.82) is 0 Å². The predicted molar refractivity (Wildman–Crippen MR) is 95.9 cm³/mol. The molecule has 0 aromatic heterocycles. The van der Waals surface area contributed by atoms with E-state index >= 15 is 0 Å². The van der Waals surface area contributed by atoms with Crippen molar-refractivity contribution in [2.45, 2.75) is 6.04 Å². The average Bonchev–Trinajstić information content (AvgIpc) is 2.55. The normalized spacial score (nSPS) is 12.0. The van der Waals surface area contributed by atoms with Gasteiger partial charge in [0, 0.05) is 16.6 Å². The van der Waals surface area contributed by atoms with Crippen LogP contribution in [0.15, 0.2) is 53.0 Å². The van der Waals surface area contributed by atoms with Crippen molar-refractivity contribution in [3.63, 3.8) is 0 Å². The van der Waals surface area contributed by atoms with Gasteiger partial charge in [0.15, 0.2) is 0 Å². The predicted octanol–water partition coefficient (Wildman–Crippen LogP) is 3.49. The number of hydrogen-bond acceptors (Lipinski definition) is 3. The second-order valence-electron chi connectivity index (χ2n) is 5.47. The molecule has 122 valence electrons. The van der Waals surface area contributed by atoms with Crippen LogP contribution in [-0.4, -0.2) is 38.6 Å². The van der Waals surface area contributed by atoms with Crippen LogP contribution >= 0.6 is 15.9 Å². The van der Waals surface area contributed by atoms with Crippen LogP contribution in [0, 0.1) is 0 Å². The van der Waals surface area contributed by atoms with Crippen LogP contribution in [0.2, 0.25) is 0 Å². The summed E-state index contributed by atoms with van der Waals surface area (Å²) in [4.78, 5) is 14.3. The number of likely N-dealkylation sites (N-methyl/N-ethyl adjacent to an activating group) is 1. The summed E-state index contributed by atoms with van der Waals surface area (Å²) in [5, 5.41) is 3.00. The number of halogens is 1. The van der Waals surface area contributed by atoms with E-state index in [0.29, 0.717) is 12.1 Å². The summed E-state index contributed by atoms with van der Waals surface area (Å²) in [7, 11) is 5.64. The van der Waals surface area contributed by atoms with Gasteiger partial charge in [-0.25, -0.2) is 0 Å². The number of ether oxygens (including phenoxy) is 1. The van der Waals surface area contributed by atoms with Crippen LogP contribution in [0.1, 0.15) is 22.0 Å². The van der Waals surface area contributed by atoms with Gasteiger partial charge in [-0.05, 0) is 56.1 Å². The van der Waals surface area contributed by atoms with Gasteiger partial charge in [-0.3, -0.25) is 4.79 Å². The molecule has 2 aromatic carbocycles. The SMILES string of the molecule is COc1cccc([C@@H](CNC(=O)c2ccc(Br)cc2)N(C)C)c1. The number of benzene rings is 2. The molecule has 0 spiro atoms. The summed E-state index contributed by atoms with van der Waals surface area (Å²) in [5.41, 5.74) is 1.75. The number of methoxy groups -OCH3 is 1. The van der Waals surface area contributed by atoms with Crippen LogP contribution in [0.4, 0.5) is 0 Å². The lowest BCUT2D eigenvalue weighted by atomic mass is 10.1. The zero-order chi connectivity index (χ0) is 16.8. The minimum Gasteiger partial charge on any atom is -0.497 e. The molecule has 1 amide bonds. The summed E-state index contributed by atoms with van der Waals surface area (Å²) in [6, 6.07) is 15.3. The Morgan fingerprint density at radius 1 is 1.22 bits per heavy atom. The molecule has 0 radical (unpaired) electrons. The highest BCUT2D eigenvalue weighted by Crippen LogP contribution is 2.22. The molecular weight excluding hydrogens is 356 g/mol. The minimum atomic E-state index is -0.0766. The monoisotopic (exact) mass is 376 g/mol. The van der Waals surface area contributed by atoms with E-state index < -0.39 is 0 Å². The van der Waals surface area contributed by atoms with Crippen molar-refractivity contribution in [3.05, 3.63) is 64.1 Å². The smallest absolute Gasteiger partial charge is 0.251 e. The first-order valence-corrected chi connectivity index (χ1v) is 8.14. The molecule has 1 atom stereocenters. The molecule has 0 saturated carbocycles. The fourth-order valence-electron chi connectivity index (χ4n) is 2.34. The molecule has 0 aliphatic carbocycles. The van der Waals surface area contributed by atoms with Gasteiger partial charge >= 0.3 is 0 Å². The van der Waals surface area contributed by atoms with Crippen molar-refractivity contribution in [1.82, 2.24) is 10.2 Å². The Hall–Kier alpha value is -1.85. The number of nitrogens with zero attached hydrogens (tertiary/aromatic N) is 1.